The van der Waals surface area contributed by atoms with Crippen LogP contribution in [0.5, 0.6) is 5.75 Å². The molecule has 0 bridgehead atoms. The van der Waals surface area contributed by atoms with Crippen LogP contribution < -0.4 is 10.5 Å². The van der Waals surface area contributed by atoms with Gasteiger partial charge in [0.2, 0.25) is 0 Å². The van der Waals surface area contributed by atoms with Crippen LogP contribution in [-0.4, -0.2) is 7.11 Å². The molecule has 0 atom stereocenters. The number of benzene rings is 1. The van der Waals surface area contributed by atoms with Crippen molar-refractivity contribution < 1.29 is 9.15 Å². The van der Waals surface area contributed by atoms with Gasteiger partial charge in [0.1, 0.15) is 11.3 Å². The van der Waals surface area contributed by atoms with E-state index in [0.29, 0.717) is 6.54 Å². The summed E-state index contributed by atoms with van der Waals surface area (Å²) in [6.45, 7) is 2.47. The van der Waals surface area contributed by atoms with E-state index in [0.717, 1.165) is 27.8 Å². The second-order valence-electron chi connectivity index (χ2n) is 3.28. The minimum absolute atomic E-state index is 0.485. The number of furan rings is 1. The van der Waals surface area contributed by atoms with Gasteiger partial charge in [-0.3, -0.25) is 0 Å². The summed E-state index contributed by atoms with van der Waals surface area (Å²) in [5.41, 5.74) is 8.53. The van der Waals surface area contributed by atoms with E-state index in [1.165, 1.54) is 0 Å². The van der Waals surface area contributed by atoms with E-state index in [4.69, 9.17) is 14.9 Å². The van der Waals surface area contributed by atoms with Crippen LogP contribution in [0.2, 0.25) is 0 Å². The molecule has 2 aromatic rings. The summed E-state index contributed by atoms with van der Waals surface area (Å²) in [4.78, 5) is 0. The van der Waals surface area contributed by atoms with Crippen LogP contribution in [0.25, 0.3) is 11.0 Å². The molecule has 0 saturated heterocycles. The lowest BCUT2D eigenvalue weighted by Gasteiger charge is -2.03. The van der Waals surface area contributed by atoms with Gasteiger partial charge in [0.05, 0.1) is 13.4 Å². The molecule has 0 unspecified atom stereocenters. The minimum atomic E-state index is 0.485. The number of hydrogen-bond donors (Lipinski definition) is 1. The molecule has 3 nitrogen and oxygen atoms in total. The Bertz CT molecular complexity index is 460. The first-order chi connectivity index (χ1) is 6.76. The largest absolute Gasteiger partial charge is 0.496 e. The summed E-state index contributed by atoms with van der Waals surface area (Å²) in [5.74, 6) is 0.869. The number of methoxy groups -OCH3 is 1. The van der Waals surface area contributed by atoms with Crippen molar-refractivity contribution >= 4 is 11.0 Å². The first-order valence-corrected chi connectivity index (χ1v) is 4.51. The van der Waals surface area contributed by atoms with E-state index in [9.17, 15) is 0 Å². The molecule has 0 amide bonds. The van der Waals surface area contributed by atoms with E-state index in [1.807, 2.05) is 19.1 Å². The highest BCUT2D eigenvalue weighted by Crippen LogP contribution is 2.28. The monoisotopic (exact) mass is 191 g/mol. The highest BCUT2D eigenvalue weighted by Gasteiger charge is 2.08. The predicted molar refractivity (Wildman–Crippen MR) is 55.4 cm³/mol. The standard InChI is InChI=1S/C11H13NO2/c1-7-3-11-9(4-10(7)13-2)8(5-12)6-14-11/h3-4,6H,5,12H2,1-2H3. The number of ether oxygens (including phenoxy) is 1. The molecule has 1 heterocycles. The Morgan fingerprint density at radius 1 is 1.43 bits per heavy atom. The smallest absolute Gasteiger partial charge is 0.134 e. The van der Waals surface area contributed by atoms with Crippen molar-refractivity contribution in [2.24, 2.45) is 5.73 Å². The third-order valence-electron chi connectivity index (χ3n) is 2.39. The molecule has 0 aliphatic rings. The Balaban J connectivity index is 2.70. The van der Waals surface area contributed by atoms with Crippen LogP contribution in [-0.2, 0) is 6.54 Å². The molecular formula is C11H13NO2. The topological polar surface area (TPSA) is 48.4 Å². The fourth-order valence-electron chi connectivity index (χ4n) is 1.59. The number of aryl methyl sites for hydroxylation is 1. The summed E-state index contributed by atoms with van der Waals surface area (Å²) in [7, 11) is 1.66. The van der Waals surface area contributed by atoms with Crippen LogP contribution in [0, 0.1) is 6.92 Å². The van der Waals surface area contributed by atoms with E-state index < -0.39 is 0 Å². The summed E-state index contributed by atoms with van der Waals surface area (Å²) < 4.78 is 10.6. The first kappa shape index (κ1) is 9.09. The van der Waals surface area contributed by atoms with Gasteiger partial charge in [-0.1, -0.05) is 0 Å². The van der Waals surface area contributed by atoms with Crippen molar-refractivity contribution in [1.82, 2.24) is 0 Å². The average Bonchev–Trinajstić information content (AvgIpc) is 2.58. The Labute approximate surface area is 82.5 Å². The molecule has 14 heavy (non-hydrogen) atoms. The van der Waals surface area contributed by atoms with Crippen LogP contribution in [0.4, 0.5) is 0 Å². The number of fused-ring (bicyclic) bond motifs is 1. The average molecular weight is 191 g/mol. The number of nitrogens with two attached hydrogens (primary N) is 1. The molecule has 2 N–H and O–H groups in total. The molecule has 0 spiro atoms. The summed E-state index contributed by atoms with van der Waals surface area (Å²) in [6.07, 6.45) is 1.70. The lowest BCUT2D eigenvalue weighted by atomic mass is 10.1. The van der Waals surface area contributed by atoms with Crippen molar-refractivity contribution in [2.75, 3.05) is 7.11 Å². The van der Waals surface area contributed by atoms with Gasteiger partial charge in [-0.2, -0.15) is 0 Å². The van der Waals surface area contributed by atoms with Crippen LogP contribution in [0.15, 0.2) is 22.8 Å². The third-order valence-corrected chi connectivity index (χ3v) is 2.39. The fraction of sp³-hybridized carbons (Fsp3) is 0.273. The Morgan fingerprint density at radius 2 is 2.21 bits per heavy atom. The quantitative estimate of drug-likeness (QED) is 0.791. The maximum absolute atomic E-state index is 5.59. The maximum atomic E-state index is 5.59. The van der Waals surface area contributed by atoms with Gasteiger partial charge in [0, 0.05) is 17.5 Å². The minimum Gasteiger partial charge on any atom is -0.496 e. The van der Waals surface area contributed by atoms with Gasteiger partial charge in [0.15, 0.2) is 0 Å². The van der Waals surface area contributed by atoms with Crippen molar-refractivity contribution in [3.8, 4) is 5.75 Å². The predicted octanol–water partition coefficient (Wildman–Crippen LogP) is 2.21. The van der Waals surface area contributed by atoms with Crippen LogP contribution in [0.1, 0.15) is 11.1 Å². The van der Waals surface area contributed by atoms with Gasteiger partial charge in [-0.15, -0.1) is 0 Å². The lowest BCUT2D eigenvalue weighted by molar-refractivity contribution is 0.412. The normalized spacial score (nSPS) is 10.8. The van der Waals surface area contributed by atoms with Gasteiger partial charge in [-0.25, -0.2) is 0 Å². The molecule has 0 fully saturated rings. The molecule has 2 rings (SSSR count). The molecule has 1 aromatic heterocycles. The Hall–Kier alpha value is -1.48. The molecule has 74 valence electrons. The summed E-state index contributed by atoms with van der Waals surface area (Å²) in [5, 5.41) is 1.04. The number of rotatable bonds is 2. The van der Waals surface area contributed by atoms with Crippen molar-refractivity contribution in [3.05, 3.63) is 29.5 Å². The fourth-order valence-corrected chi connectivity index (χ4v) is 1.59. The summed E-state index contributed by atoms with van der Waals surface area (Å²) in [6, 6.07) is 3.93. The molecule has 3 heteroatoms. The second-order valence-corrected chi connectivity index (χ2v) is 3.28. The van der Waals surface area contributed by atoms with E-state index >= 15 is 0 Å². The van der Waals surface area contributed by atoms with E-state index in [1.54, 1.807) is 13.4 Å². The molecule has 0 radical (unpaired) electrons. The lowest BCUT2D eigenvalue weighted by Crippen LogP contribution is -1.94. The molecular weight excluding hydrogens is 178 g/mol. The van der Waals surface area contributed by atoms with Crippen LogP contribution in [0.3, 0.4) is 0 Å². The van der Waals surface area contributed by atoms with E-state index in [2.05, 4.69) is 0 Å². The molecule has 1 aromatic carbocycles. The summed E-state index contributed by atoms with van der Waals surface area (Å²) >= 11 is 0. The number of hydrogen-bond acceptors (Lipinski definition) is 3. The highest BCUT2D eigenvalue weighted by molar-refractivity contribution is 5.83. The zero-order valence-electron chi connectivity index (χ0n) is 8.33. The van der Waals surface area contributed by atoms with Crippen LogP contribution >= 0.6 is 0 Å². The van der Waals surface area contributed by atoms with Gasteiger partial charge >= 0.3 is 0 Å². The van der Waals surface area contributed by atoms with Crippen molar-refractivity contribution in [1.29, 1.82) is 0 Å². The Morgan fingerprint density at radius 3 is 2.86 bits per heavy atom. The second kappa shape index (κ2) is 3.35. The zero-order chi connectivity index (χ0) is 10.1. The van der Waals surface area contributed by atoms with Crippen molar-refractivity contribution in [3.63, 3.8) is 0 Å². The zero-order valence-corrected chi connectivity index (χ0v) is 8.33. The molecule has 0 aliphatic carbocycles. The van der Waals surface area contributed by atoms with Gasteiger partial charge in [0.25, 0.3) is 0 Å². The molecule has 0 saturated carbocycles. The first-order valence-electron chi connectivity index (χ1n) is 4.51. The van der Waals surface area contributed by atoms with Gasteiger partial charge in [-0.05, 0) is 24.6 Å². The molecule has 0 aliphatic heterocycles. The SMILES string of the molecule is COc1cc2c(CN)coc2cc1C. The Kier molecular flexibility index (Phi) is 2.17. The van der Waals surface area contributed by atoms with E-state index in [-0.39, 0.29) is 0 Å². The van der Waals surface area contributed by atoms with Gasteiger partial charge < -0.3 is 14.9 Å². The maximum Gasteiger partial charge on any atom is 0.134 e. The third kappa shape index (κ3) is 1.26. The van der Waals surface area contributed by atoms with Crippen molar-refractivity contribution in [2.45, 2.75) is 13.5 Å². The highest BCUT2D eigenvalue weighted by atomic mass is 16.5.